The second kappa shape index (κ2) is 7.45. The number of nitrogens with zero attached hydrogens (tertiary/aromatic N) is 2. The van der Waals surface area contributed by atoms with Gasteiger partial charge in [0, 0.05) is 17.7 Å². The van der Waals surface area contributed by atoms with Crippen LogP contribution < -0.4 is 14.8 Å². The van der Waals surface area contributed by atoms with Crippen LogP contribution in [-0.4, -0.2) is 30.3 Å². The summed E-state index contributed by atoms with van der Waals surface area (Å²) < 4.78 is 15.8. The summed E-state index contributed by atoms with van der Waals surface area (Å²) in [7, 11) is 2.95. The van der Waals surface area contributed by atoms with Crippen molar-refractivity contribution in [3.05, 3.63) is 52.9 Å². The van der Waals surface area contributed by atoms with Gasteiger partial charge in [-0.1, -0.05) is 29.3 Å². The number of rotatable bonds is 5. The molecule has 26 heavy (non-hydrogen) atoms. The topological polar surface area (TPSA) is 86.5 Å². The second-order valence-electron chi connectivity index (χ2n) is 5.42. The van der Waals surface area contributed by atoms with Crippen LogP contribution in [0.2, 0.25) is 5.02 Å². The van der Waals surface area contributed by atoms with E-state index in [1.807, 2.05) is 31.2 Å². The Morgan fingerprint density at radius 2 is 1.77 bits per heavy atom. The van der Waals surface area contributed by atoms with Gasteiger partial charge in [-0.2, -0.15) is 0 Å². The van der Waals surface area contributed by atoms with Crippen molar-refractivity contribution in [2.24, 2.45) is 0 Å². The zero-order valence-electron chi connectivity index (χ0n) is 14.4. The van der Waals surface area contributed by atoms with Crippen molar-refractivity contribution in [1.29, 1.82) is 0 Å². The monoisotopic (exact) mass is 373 g/mol. The first-order chi connectivity index (χ1) is 12.5. The first kappa shape index (κ1) is 17.8. The van der Waals surface area contributed by atoms with Crippen LogP contribution in [0.25, 0.3) is 11.5 Å². The Hall–Kier alpha value is -3.06. The van der Waals surface area contributed by atoms with Gasteiger partial charge in [0.15, 0.2) is 0 Å². The van der Waals surface area contributed by atoms with E-state index in [1.165, 1.54) is 14.2 Å². The van der Waals surface area contributed by atoms with Crippen molar-refractivity contribution in [3.8, 4) is 23.0 Å². The van der Waals surface area contributed by atoms with E-state index in [0.717, 1.165) is 11.1 Å². The maximum Gasteiger partial charge on any atom is 0.313 e. The van der Waals surface area contributed by atoms with Crippen LogP contribution >= 0.6 is 11.6 Å². The molecule has 0 aliphatic rings. The van der Waals surface area contributed by atoms with Crippen molar-refractivity contribution in [2.45, 2.75) is 6.92 Å². The number of hydrogen-bond donors (Lipinski definition) is 1. The van der Waals surface area contributed by atoms with Gasteiger partial charge in [-0.05, 0) is 19.1 Å². The van der Waals surface area contributed by atoms with E-state index in [9.17, 15) is 4.79 Å². The minimum Gasteiger partial charge on any atom is -0.495 e. The number of carbonyl (C=O) groups is 1. The molecule has 2 aromatic carbocycles. The summed E-state index contributed by atoms with van der Waals surface area (Å²) in [5.74, 6) is 0.293. The van der Waals surface area contributed by atoms with Crippen LogP contribution in [0.15, 0.2) is 40.8 Å². The lowest BCUT2D eigenvalue weighted by Crippen LogP contribution is -2.13. The van der Waals surface area contributed by atoms with Crippen LogP contribution in [0.5, 0.6) is 11.5 Å². The first-order valence-corrected chi connectivity index (χ1v) is 8.03. The highest BCUT2D eigenvalue weighted by Gasteiger charge is 2.19. The number of anilines is 1. The van der Waals surface area contributed by atoms with Crippen molar-refractivity contribution < 1.29 is 18.7 Å². The first-order valence-electron chi connectivity index (χ1n) is 7.65. The normalized spacial score (nSPS) is 10.5. The van der Waals surface area contributed by atoms with Crippen molar-refractivity contribution in [1.82, 2.24) is 10.2 Å². The summed E-state index contributed by atoms with van der Waals surface area (Å²) >= 11 is 6.06. The Morgan fingerprint density at radius 3 is 2.42 bits per heavy atom. The number of benzene rings is 2. The van der Waals surface area contributed by atoms with E-state index >= 15 is 0 Å². The number of halogens is 1. The van der Waals surface area contributed by atoms with Gasteiger partial charge in [-0.3, -0.25) is 4.79 Å². The molecule has 0 radical (unpaired) electrons. The average molecular weight is 374 g/mol. The van der Waals surface area contributed by atoms with E-state index < -0.39 is 5.91 Å². The molecule has 1 heterocycles. The van der Waals surface area contributed by atoms with Gasteiger partial charge in [0.1, 0.15) is 11.5 Å². The summed E-state index contributed by atoms with van der Waals surface area (Å²) in [5, 5.41) is 10.7. The van der Waals surface area contributed by atoms with Crippen molar-refractivity contribution in [2.75, 3.05) is 19.5 Å². The van der Waals surface area contributed by atoms with Crippen molar-refractivity contribution >= 4 is 23.2 Å². The van der Waals surface area contributed by atoms with Crippen LogP contribution in [0.4, 0.5) is 5.69 Å². The molecule has 3 aromatic rings. The molecule has 0 fully saturated rings. The largest absolute Gasteiger partial charge is 0.495 e. The molecule has 1 amide bonds. The molecule has 134 valence electrons. The number of ether oxygens (including phenoxy) is 2. The lowest BCUT2D eigenvalue weighted by atomic mass is 10.1. The predicted molar refractivity (Wildman–Crippen MR) is 97.0 cm³/mol. The summed E-state index contributed by atoms with van der Waals surface area (Å²) in [4.78, 5) is 12.4. The number of amides is 1. The van der Waals surface area contributed by atoms with Gasteiger partial charge in [0.2, 0.25) is 5.89 Å². The zero-order chi connectivity index (χ0) is 18.7. The maximum atomic E-state index is 12.4. The number of methoxy groups -OCH3 is 2. The summed E-state index contributed by atoms with van der Waals surface area (Å²) in [6.45, 7) is 1.98. The van der Waals surface area contributed by atoms with E-state index in [2.05, 4.69) is 15.5 Å². The molecule has 1 aromatic heterocycles. The van der Waals surface area contributed by atoms with Gasteiger partial charge >= 0.3 is 11.8 Å². The van der Waals surface area contributed by atoms with Gasteiger partial charge < -0.3 is 19.2 Å². The standard InChI is InChI=1S/C18H16ClN3O4/c1-10-4-6-11(7-5-10)17-21-22-18(26-17)16(23)20-13-9-14(24-2)12(19)8-15(13)25-3/h4-9H,1-3H3,(H,20,23). The highest BCUT2D eigenvalue weighted by molar-refractivity contribution is 6.32. The number of hydrogen-bond acceptors (Lipinski definition) is 6. The fraction of sp³-hybridized carbons (Fsp3) is 0.167. The summed E-state index contributed by atoms with van der Waals surface area (Å²) in [6.07, 6.45) is 0. The highest BCUT2D eigenvalue weighted by atomic mass is 35.5. The summed E-state index contributed by atoms with van der Waals surface area (Å²) in [5.41, 5.74) is 2.21. The SMILES string of the molecule is COc1cc(NC(=O)c2nnc(-c3ccc(C)cc3)o2)c(OC)cc1Cl. The third-order valence-corrected chi connectivity index (χ3v) is 3.94. The smallest absolute Gasteiger partial charge is 0.313 e. The molecule has 8 heteroatoms. The molecule has 0 bridgehead atoms. The molecule has 3 rings (SSSR count). The summed E-state index contributed by atoms with van der Waals surface area (Å²) in [6, 6.07) is 10.6. The molecule has 0 spiro atoms. The minimum atomic E-state index is -0.571. The van der Waals surface area contributed by atoms with Gasteiger partial charge in [-0.15, -0.1) is 10.2 Å². The molecular formula is C18H16ClN3O4. The molecular weight excluding hydrogens is 358 g/mol. The fourth-order valence-corrected chi connectivity index (χ4v) is 2.49. The fourth-order valence-electron chi connectivity index (χ4n) is 2.26. The second-order valence-corrected chi connectivity index (χ2v) is 5.83. The van der Waals surface area contributed by atoms with E-state index in [-0.39, 0.29) is 11.8 Å². The molecule has 1 N–H and O–H groups in total. The predicted octanol–water partition coefficient (Wildman–Crippen LogP) is 3.97. The minimum absolute atomic E-state index is 0.170. The third kappa shape index (κ3) is 3.62. The van der Waals surface area contributed by atoms with E-state index in [4.69, 9.17) is 25.5 Å². The van der Waals surface area contributed by atoms with E-state index in [1.54, 1.807) is 12.1 Å². The zero-order valence-corrected chi connectivity index (χ0v) is 15.1. The Kier molecular flexibility index (Phi) is 5.09. The number of nitrogens with one attached hydrogen (secondary N) is 1. The molecule has 0 saturated carbocycles. The molecule has 0 saturated heterocycles. The molecule has 0 atom stereocenters. The Bertz CT molecular complexity index is 938. The average Bonchev–Trinajstić information content (AvgIpc) is 3.13. The van der Waals surface area contributed by atoms with Gasteiger partial charge in [0.05, 0.1) is 24.9 Å². The van der Waals surface area contributed by atoms with Crippen LogP contribution in [0.3, 0.4) is 0 Å². The number of aromatic nitrogens is 2. The van der Waals surface area contributed by atoms with Crippen LogP contribution in [-0.2, 0) is 0 Å². The number of carbonyl (C=O) groups excluding carboxylic acids is 1. The molecule has 0 unspecified atom stereocenters. The molecule has 0 aliphatic heterocycles. The quantitative estimate of drug-likeness (QED) is 0.728. The van der Waals surface area contributed by atoms with Gasteiger partial charge in [0.25, 0.3) is 0 Å². The number of aryl methyl sites for hydroxylation is 1. The molecule has 0 aliphatic carbocycles. The maximum absolute atomic E-state index is 12.4. The Labute approximate surface area is 154 Å². The molecule has 7 nitrogen and oxygen atoms in total. The lowest BCUT2D eigenvalue weighted by molar-refractivity contribution is 0.0990. The van der Waals surface area contributed by atoms with Crippen LogP contribution in [0.1, 0.15) is 16.2 Å². The van der Waals surface area contributed by atoms with Crippen LogP contribution in [0, 0.1) is 6.92 Å². The Balaban J connectivity index is 1.84. The van der Waals surface area contributed by atoms with E-state index in [0.29, 0.717) is 22.2 Å². The highest BCUT2D eigenvalue weighted by Crippen LogP contribution is 2.36. The third-order valence-electron chi connectivity index (χ3n) is 3.64. The Morgan fingerprint density at radius 1 is 1.08 bits per heavy atom. The lowest BCUT2D eigenvalue weighted by Gasteiger charge is -2.12. The van der Waals surface area contributed by atoms with Gasteiger partial charge in [-0.25, -0.2) is 0 Å². The van der Waals surface area contributed by atoms with Crippen molar-refractivity contribution in [3.63, 3.8) is 0 Å².